The van der Waals surface area contributed by atoms with Crippen molar-refractivity contribution in [2.24, 2.45) is 0 Å². The SMILES string of the molecule is CCc1ccc(S(=O)(=O)NCC(=O)NCCc2ccccc2OC)s1. The molecule has 0 aliphatic heterocycles. The van der Waals surface area contributed by atoms with Crippen LogP contribution in [0, 0.1) is 0 Å². The molecule has 1 heterocycles. The lowest BCUT2D eigenvalue weighted by atomic mass is 10.1. The average molecular weight is 383 g/mol. The number of nitrogens with one attached hydrogen (secondary N) is 2. The van der Waals surface area contributed by atoms with Crippen molar-refractivity contribution in [2.75, 3.05) is 20.2 Å². The van der Waals surface area contributed by atoms with Gasteiger partial charge in [-0.2, -0.15) is 0 Å². The van der Waals surface area contributed by atoms with Crippen molar-refractivity contribution in [3.05, 3.63) is 46.8 Å². The Kier molecular flexibility index (Phi) is 6.98. The van der Waals surface area contributed by atoms with Crippen molar-refractivity contribution >= 4 is 27.3 Å². The van der Waals surface area contributed by atoms with Gasteiger partial charge < -0.3 is 10.1 Å². The summed E-state index contributed by atoms with van der Waals surface area (Å²) in [7, 11) is -2.05. The zero-order valence-electron chi connectivity index (χ0n) is 14.2. The molecule has 2 aromatic rings. The maximum absolute atomic E-state index is 12.1. The fraction of sp³-hybridized carbons (Fsp3) is 0.353. The normalized spacial score (nSPS) is 11.3. The van der Waals surface area contributed by atoms with Gasteiger partial charge in [0.2, 0.25) is 5.91 Å². The van der Waals surface area contributed by atoms with Crippen LogP contribution in [0.4, 0.5) is 0 Å². The van der Waals surface area contributed by atoms with E-state index >= 15 is 0 Å². The molecule has 0 saturated carbocycles. The molecule has 0 bridgehead atoms. The summed E-state index contributed by atoms with van der Waals surface area (Å²) in [5.74, 6) is 0.396. The van der Waals surface area contributed by atoms with E-state index < -0.39 is 10.0 Å². The molecule has 1 aromatic carbocycles. The lowest BCUT2D eigenvalue weighted by molar-refractivity contribution is -0.119. The van der Waals surface area contributed by atoms with Gasteiger partial charge in [0.05, 0.1) is 13.7 Å². The highest BCUT2D eigenvalue weighted by atomic mass is 32.2. The zero-order chi connectivity index (χ0) is 18.3. The highest BCUT2D eigenvalue weighted by Crippen LogP contribution is 2.21. The van der Waals surface area contributed by atoms with Crippen LogP contribution in [-0.2, 0) is 27.7 Å². The third-order valence-electron chi connectivity index (χ3n) is 3.58. The van der Waals surface area contributed by atoms with Crippen LogP contribution in [0.1, 0.15) is 17.4 Å². The van der Waals surface area contributed by atoms with Gasteiger partial charge in [0.15, 0.2) is 0 Å². The molecule has 1 amide bonds. The largest absolute Gasteiger partial charge is 0.496 e. The smallest absolute Gasteiger partial charge is 0.250 e. The Morgan fingerprint density at radius 2 is 1.96 bits per heavy atom. The molecule has 0 radical (unpaired) electrons. The van der Waals surface area contributed by atoms with Gasteiger partial charge in [0, 0.05) is 11.4 Å². The molecule has 2 rings (SSSR count). The molecule has 8 heteroatoms. The van der Waals surface area contributed by atoms with Crippen molar-refractivity contribution in [2.45, 2.75) is 24.0 Å². The number of benzene rings is 1. The highest BCUT2D eigenvalue weighted by molar-refractivity contribution is 7.91. The monoisotopic (exact) mass is 382 g/mol. The molecule has 0 aliphatic carbocycles. The first-order valence-corrected chi connectivity index (χ1v) is 10.2. The molecule has 2 N–H and O–H groups in total. The highest BCUT2D eigenvalue weighted by Gasteiger charge is 2.17. The summed E-state index contributed by atoms with van der Waals surface area (Å²) < 4.78 is 32.1. The molecule has 0 spiro atoms. The van der Waals surface area contributed by atoms with Crippen LogP contribution >= 0.6 is 11.3 Å². The number of methoxy groups -OCH3 is 1. The van der Waals surface area contributed by atoms with Crippen molar-refractivity contribution in [1.29, 1.82) is 0 Å². The van der Waals surface area contributed by atoms with E-state index in [0.717, 1.165) is 22.6 Å². The Balaban J connectivity index is 1.80. The summed E-state index contributed by atoms with van der Waals surface area (Å²) >= 11 is 1.21. The van der Waals surface area contributed by atoms with E-state index in [1.54, 1.807) is 19.2 Å². The van der Waals surface area contributed by atoms with Crippen molar-refractivity contribution < 1.29 is 17.9 Å². The first kappa shape index (κ1) is 19.4. The average Bonchev–Trinajstić information content (AvgIpc) is 3.11. The number of rotatable bonds is 9. The number of amides is 1. The number of ether oxygens (including phenoxy) is 1. The summed E-state index contributed by atoms with van der Waals surface area (Å²) in [6.45, 7) is 2.08. The minimum atomic E-state index is -3.64. The number of carbonyl (C=O) groups is 1. The summed E-state index contributed by atoms with van der Waals surface area (Å²) in [6.07, 6.45) is 1.39. The predicted octanol–water partition coefficient (Wildman–Crippen LogP) is 1.96. The molecule has 0 aliphatic rings. The van der Waals surface area contributed by atoms with Crippen molar-refractivity contribution in [3.63, 3.8) is 0 Å². The molecule has 0 atom stereocenters. The molecule has 1 aromatic heterocycles. The fourth-order valence-electron chi connectivity index (χ4n) is 2.23. The topological polar surface area (TPSA) is 84.5 Å². The van der Waals surface area contributed by atoms with E-state index in [1.165, 1.54) is 11.3 Å². The predicted molar refractivity (Wildman–Crippen MR) is 98.6 cm³/mol. The number of sulfonamides is 1. The Hall–Kier alpha value is -1.90. The lowest BCUT2D eigenvalue weighted by Gasteiger charge is -2.09. The number of thiophene rings is 1. The van der Waals surface area contributed by atoms with Crippen LogP contribution in [0.2, 0.25) is 0 Å². The third kappa shape index (κ3) is 5.55. The number of hydrogen-bond donors (Lipinski definition) is 2. The summed E-state index contributed by atoms with van der Waals surface area (Å²) in [6, 6.07) is 10.9. The number of para-hydroxylation sites is 1. The van der Waals surface area contributed by atoms with Gasteiger partial charge in [-0.3, -0.25) is 4.79 Å². The molecule has 0 fully saturated rings. The Morgan fingerprint density at radius 3 is 2.64 bits per heavy atom. The summed E-state index contributed by atoms with van der Waals surface area (Å²) in [4.78, 5) is 12.8. The van der Waals surface area contributed by atoms with Gasteiger partial charge in [-0.1, -0.05) is 25.1 Å². The van der Waals surface area contributed by atoms with Crippen LogP contribution < -0.4 is 14.8 Å². The second-order valence-electron chi connectivity index (χ2n) is 5.31. The van der Waals surface area contributed by atoms with Crippen LogP contribution in [-0.4, -0.2) is 34.5 Å². The first-order valence-electron chi connectivity index (χ1n) is 7.93. The molecule has 25 heavy (non-hydrogen) atoms. The van der Waals surface area contributed by atoms with E-state index in [0.29, 0.717) is 13.0 Å². The minimum Gasteiger partial charge on any atom is -0.496 e. The van der Waals surface area contributed by atoms with Gasteiger partial charge >= 0.3 is 0 Å². The van der Waals surface area contributed by atoms with Gasteiger partial charge in [-0.15, -0.1) is 11.3 Å². The van der Waals surface area contributed by atoms with Crippen molar-refractivity contribution in [3.8, 4) is 5.75 Å². The van der Waals surface area contributed by atoms with E-state index in [1.807, 2.05) is 31.2 Å². The van der Waals surface area contributed by atoms with E-state index in [4.69, 9.17) is 4.74 Å². The molecule has 0 unspecified atom stereocenters. The minimum absolute atomic E-state index is 0.228. The van der Waals surface area contributed by atoms with Crippen LogP contribution in [0.3, 0.4) is 0 Å². The Labute approximate surface area is 152 Å². The van der Waals surface area contributed by atoms with Crippen LogP contribution in [0.5, 0.6) is 5.75 Å². The van der Waals surface area contributed by atoms with E-state index in [-0.39, 0.29) is 16.7 Å². The second kappa shape index (κ2) is 8.98. The molecule has 6 nitrogen and oxygen atoms in total. The molecule has 136 valence electrons. The van der Waals surface area contributed by atoms with Crippen molar-refractivity contribution in [1.82, 2.24) is 10.0 Å². The second-order valence-corrected chi connectivity index (χ2v) is 8.47. The Morgan fingerprint density at radius 1 is 1.20 bits per heavy atom. The third-order valence-corrected chi connectivity index (χ3v) is 6.70. The number of hydrogen-bond acceptors (Lipinski definition) is 5. The quantitative estimate of drug-likeness (QED) is 0.694. The first-order chi connectivity index (χ1) is 12.0. The van der Waals surface area contributed by atoms with Crippen LogP contribution in [0.25, 0.3) is 0 Å². The van der Waals surface area contributed by atoms with E-state index in [9.17, 15) is 13.2 Å². The van der Waals surface area contributed by atoms with Gasteiger partial charge in [0.25, 0.3) is 10.0 Å². The van der Waals surface area contributed by atoms with Gasteiger partial charge in [-0.25, -0.2) is 13.1 Å². The van der Waals surface area contributed by atoms with Gasteiger partial charge in [-0.05, 0) is 36.6 Å². The number of carbonyl (C=O) groups excluding carboxylic acids is 1. The standard InChI is InChI=1S/C17H22N2O4S2/c1-3-14-8-9-17(24-14)25(21,22)19-12-16(20)18-11-10-13-6-4-5-7-15(13)23-2/h4-9,19H,3,10-12H2,1-2H3,(H,18,20). The molecule has 0 saturated heterocycles. The van der Waals surface area contributed by atoms with Gasteiger partial charge in [0.1, 0.15) is 9.96 Å². The fourth-order valence-corrected chi connectivity index (χ4v) is 4.56. The zero-order valence-corrected chi connectivity index (χ0v) is 15.9. The molecular formula is C17H22N2O4S2. The maximum Gasteiger partial charge on any atom is 0.250 e. The van der Waals surface area contributed by atoms with E-state index in [2.05, 4.69) is 10.0 Å². The Bertz CT molecular complexity index is 816. The maximum atomic E-state index is 12.1. The summed E-state index contributed by atoms with van der Waals surface area (Å²) in [5, 5.41) is 2.70. The van der Waals surface area contributed by atoms with Crippen LogP contribution in [0.15, 0.2) is 40.6 Å². The lowest BCUT2D eigenvalue weighted by Crippen LogP contribution is -2.37. The number of aryl methyl sites for hydroxylation is 1. The molecular weight excluding hydrogens is 360 g/mol. The summed E-state index contributed by atoms with van der Waals surface area (Å²) in [5.41, 5.74) is 0.983.